The van der Waals surface area contributed by atoms with E-state index in [1.807, 2.05) is 72.8 Å². The van der Waals surface area contributed by atoms with Crippen LogP contribution in [0.1, 0.15) is 5.56 Å². The smallest absolute Gasteiger partial charge is 0.347 e. The lowest BCUT2D eigenvalue weighted by Crippen LogP contribution is -2.30. The molecule has 0 heterocycles. The standard InChI is InChI=1S/C21H19N3O2/c1-26-20-15-9-8-14-19(20)23-21(25)24(18-12-6-3-7-13-18)22-16-17-10-4-2-5-11-17/h2-16H,1H3,(H,23,25)/b22-16+. The van der Waals surface area contributed by atoms with Crippen molar-refractivity contribution >= 4 is 23.6 Å². The van der Waals surface area contributed by atoms with E-state index in [0.717, 1.165) is 5.56 Å². The number of rotatable bonds is 5. The number of carbonyl (C=O) groups excluding carboxylic acids is 1. The number of hydrogen-bond acceptors (Lipinski definition) is 3. The Hall–Kier alpha value is -3.60. The molecule has 3 aromatic carbocycles. The van der Waals surface area contributed by atoms with E-state index in [2.05, 4.69) is 10.4 Å². The predicted octanol–water partition coefficient (Wildman–Crippen LogP) is 4.77. The van der Waals surface area contributed by atoms with Crippen LogP contribution in [-0.4, -0.2) is 19.4 Å². The summed E-state index contributed by atoms with van der Waals surface area (Å²) in [6.07, 6.45) is 1.65. The molecule has 0 saturated carbocycles. The zero-order valence-corrected chi connectivity index (χ0v) is 14.4. The fourth-order valence-electron chi connectivity index (χ4n) is 2.39. The molecule has 0 aliphatic heterocycles. The quantitative estimate of drug-likeness (QED) is 0.535. The summed E-state index contributed by atoms with van der Waals surface area (Å²) in [4.78, 5) is 12.8. The fourth-order valence-corrected chi connectivity index (χ4v) is 2.39. The van der Waals surface area contributed by atoms with Crippen molar-refractivity contribution < 1.29 is 9.53 Å². The Labute approximate surface area is 152 Å². The van der Waals surface area contributed by atoms with E-state index in [9.17, 15) is 4.79 Å². The van der Waals surface area contributed by atoms with Gasteiger partial charge in [0.05, 0.1) is 24.7 Å². The van der Waals surface area contributed by atoms with Crippen molar-refractivity contribution in [1.29, 1.82) is 0 Å². The van der Waals surface area contributed by atoms with Crippen molar-refractivity contribution in [1.82, 2.24) is 0 Å². The average Bonchev–Trinajstić information content (AvgIpc) is 2.70. The number of hydrazone groups is 1. The third kappa shape index (κ3) is 4.27. The minimum absolute atomic E-state index is 0.382. The van der Waals surface area contributed by atoms with Gasteiger partial charge in [-0.15, -0.1) is 0 Å². The highest BCUT2D eigenvalue weighted by atomic mass is 16.5. The summed E-state index contributed by atoms with van der Waals surface area (Å²) in [6, 6.07) is 25.7. The van der Waals surface area contributed by atoms with Crippen LogP contribution >= 0.6 is 0 Å². The molecule has 0 unspecified atom stereocenters. The van der Waals surface area contributed by atoms with Gasteiger partial charge in [-0.05, 0) is 29.8 Å². The Morgan fingerprint density at radius 3 is 2.23 bits per heavy atom. The maximum Gasteiger partial charge on any atom is 0.347 e. The first-order chi connectivity index (χ1) is 12.8. The number of nitrogens with zero attached hydrogens (tertiary/aromatic N) is 2. The van der Waals surface area contributed by atoms with Crippen molar-refractivity contribution in [3.8, 4) is 5.75 Å². The lowest BCUT2D eigenvalue weighted by molar-refractivity contribution is 0.257. The van der Waals surface area contributed by atoms with E-state index in [1.165, 1.54) is 5.01 Å². The SMILES string of the molecule is COc1ccccc1NC(=O)N(/N=C/c1ccccc1)c1ccccc1. The summed E-state index contributed by atoms with van der Waals surface area (Å²) in [5.74, 6) is 0.584. The summed E-state index contributed by atoms with van der Waals surface area (Å²) in [5, 5.41) is 8.53. The monoisotopic (exact) mass is 345 g/mol. The second kappa shape index (κ2) is 8.48. The molecule has 3 rings (SSSR count). The van der Waals surface area contributed by atoms with Gasteiger partial charge < -0.3 is 10.1 Å². The molecule has 0 aliphatic carbocycles. The fraction of sp³-hybridized carbons (Fsp3) is 0.0476. The number of methoxy groups -OCH3 is 1. The van der Waals surface area contributed by atoms with Crippen molar-refractivity contribution in [3.63, 3.8) is 0 Å². The van der Waals surface area contributed by atoms with Crippen LogP contribution in [0.5, 0.6) is 5.75 Å². The summed E-state index contributed by atoms with van der Waals surface area (Å²) < 4.78 is 5.29. The number of anilines is 2. The van der Waals surface area contributed by atoms with E-state index in [4.69, 9.17) is 4.74 Å². The van der Waals surface area contributed by atoms with Gasteiger partial charge in [0.1, 0.15) is 5.75 Å². The Morgan fingerprint density at radius 2 is 1.54 bits per heavy atom. The molecule has 26 heavy (non-hydrogen) atoms. The van der Waals surface area contributed by atoms with Crippen LogP contribution in [0.25, 0.3) is 0 Å². The van der Waals surface area contributed by atoms with Gasteiger partial charge in [-0.2, -0.15) is 10.1 Å². The molecule has 130 valence electrons. The third-order valence-electron chi connectivity index (χ3n) is 3.66. The second-order valence-corrected chi connectivity index (χ2v) is 5.43. The number of benzene rings is 3. The van der Waals surface area contributed by atoms with Crippen LogP contribution in [0.4, 0.5) is 16.2 Å². The lowest BCUT2D eigenvalue weighted by atomic mass is 10.2. The Bertz CT molecular complexity index is 880. The van der Waals surface area contributed by atoms with Crippen molar-refractivity contribution in [2.75, 3.05) is 17.4 Å². The van der Waals surface area contributed by atoms with Crippen LogP contribution in [0.3, 0.4) is 0 Å². The number of para-hydroxylation sites is 3. The number of amides is 2. The van der Waals surface area contributed by atoms with Gasteiger partial charge in [-0.1, -0.05) is 60.7 Å². The highest BCUT2D eigenvalue weighted by molar-refractivity contribution is 6.03. The highest BCUT2D eigenvalue weighted by Crippen LogP contribution is 2.24. The predicted molar refractivity (Wildman–Crippen MR) is 105 cm³/mol. The van der Waals surface area contributed by atoms with Crippen molar-refractivity contribution in [3.05, 3.63) is 90.5 Å². The third-order valence-corrected chi connectivity index (χ3v) is 3.66. The van der Waals surface area contributed by atoms with Gasteiger partial charge in [-0.25, -0.2) is 4.79 Å². The summed E-state index contributed by atoms with van der Waals surface area (Å²) in [7, 11) is 1.56. The Morgan fingerprint density at radius 1 is 0.923 bits per heavy atom. The molecule has 0 atom stereocenters. The molecule has 0 saturated heterocycles. The Balaban J connectivity index is 1.88. The van der Waals surface area contributed by atoms with Crippen molar-refractivity contribution in [2.45, 2.75) is 0 Å². The molecule has 2 amide bonds. The summed E-state index contributed by atoms with van der Waals surface area (Å²) >= 11 is 0. The zero-order chi connectivity index (χ0) is 18.2. The second-order valence-electron chi connectivity index (χ2n) is 5.43. The zero-order valence-electron chi connectivity index (χ0n) is 14.4. The van der Waals surface area contributed by atoms with Gasteiger partial charge in [0.2, 0.25) is 0 Å². The molecule has 5 nitrogen and oxygen atoms in total. The summed E-state index contributed by atoms with van der Waals surface area (Å²) in [6.45, 7) is 0. The first kappa shape index (κ1) is 17.2. The minimum Gasteiger partial charge on any atom is -0.495 e. The van der Waals surface area contributed by atoms with E-state index in [1.54, 1.807) is 25.5 Å². The van der Waals surface area contributed by atoms with Gasteiger partial charge >= 0.3 is 6.03 Å². The highest BCUT2D eigenvalue weighted by Gasteiger charge is 2.16. The normalized spacial score (nSPS) is 10.5. The molecule has 0 fully saturated rings. The van der Waals surface area contributed by atoms with Crippen LogP contribution in [0.2, 0.25) is 0 Å². The molecular weight excluding hydrogens is 326 g/mol. The van der Waals surface area contributed by atoms with Gasteiger partial charge in [0.15, 0.2) is 0 Å². The first-order valence-corrected chi connectivity index (χ1v) is 8.16. The van der Waals surface area contributed by atoms with Gasteiger partial charge in [0, 0.05) is 0 Å². The molecule has 0 aliphatic rings. The van der Waals surface area contributed by atoms with E-state index >= 15 is 0 Å². The number of carbonyl (C=O) groups is 1. The van der Waals surface area contributed by atoms with Gasteiger partial charge in [-0.3, -0.25) is 0 Å². The molecule has 5 heteroatoms. The topological polar surface area (TPSA) is 53.9 Å². The van der Waals surface area contributed by atoms with Crippen LogP contribution in [0, 0.1) is 0 Å². The average molecular weight is 345 g/mol. The number of hydrogen-bond donors (Lipinski definition) is 1. The molecule has 1 N–H and O–H groups in total. The molecular formula is C21H19N3O2. The number of nitrogens with one attached hydrogen (secondary N) is 1. The molecule has 0 radical (unpaired) electrons. The molecule has 0 aromatic heterocycles. The summed E-state index contributed by atoms with van der Waals surface area (Å²) in [5.41, 5.74) is 2.14. The van der Waals surface area contributed by atoms with Crippen LogP contribution in [0.15, 0.2) is 90.0 Å². The largest absolute Gasteiger partial charge is 0.495 e. The van der Waals surface area contributed by atoms with Crippen molar-refractivity contribution in [2.24, 2.45) is 5.10 Å². The molecule has 3 aromatic rings. The van der Waals surface area contributed by atoms with E-state index in [0.29, 0.717) is 17.1 Å². The lowest BCUT2D eigenvalue weighted by Gasteiger charge is -2.18. The van der Waals surface area contributed by atoms with Crippen LogP contribution < -0.4 is 15.1 Å². The van der Waals surface area contributed by atoms with E-state index in [-0.39, 0.29) is 6.03 Å². The minimum atomic E-state index is -0.382. The number of urea groups is 1. The molecule has 0 spiro atoms. The maximum atomic E-state index is 12.8. The van der Waals surface area contributed by atoms with Crippen LogP contribution in [-0.2, 0) is 0 Å². The first-order valence-electron chi connectivity index (χ1n) is 8.16. The van der Waals surface area contributed by atoms with E-state index < -0.39 is 0 Å². The number of ether oxygens (including phenoxy) is 1. The van der Waals surface area contributed by atoms with Gasteiger partial charge in [0.25, 0.3) is 0 Å². The molecule has 0 bridgehead atoms. The maximum absolute atomic E-state index is 12.8. The Kier molecular flexibility index (Phi) is 5.62.